The summed E-state index contributed by atoms with van der Waals surface area (Å²) in [5, 5.41) is 2.43. The molecule has 0 aliphatic carbocycles. The number of imidazole rings is 1. The van der Waals surface area contributed by atoms with Crippen LogP contribution < -0.4 is 5.73 Å². The van der Waals surface area contributed by atoms with E-state index >= 15 is 0 Å². The van der Waals surface area contributed by atoms with E-state index in [4.69, 9.17) is 5.73 Å². The highest BCUT2D eigenvalue weighted by molar-refractivity contribution is 5.92. The number of hydrogen-bond acceptors (Lipinski definition) is 2. The van der Waals surface area contributed by atoms with Crippen LogP contribution in [-0.4, -0.2) is 9.55 Å². The summed E-state index contributed by atoms with van der Waals surface area (Å²) in [7, 11) is 0. The monoisotopic (exact) mass is 251 g/mol. The summed E-state index contributed by atoms with van der Waals surface area (Å²) in [5.74, 6) is 0. The van der Waals surface area contributed by atoms with Gasteiger partial charge >= 0.3 is 0 Å². The lowest BCUT2D eigenvalue weighted by Crippen LogP contribution is -2.01. The highest BCUT2D eigenvalue weighted by atomic mass is 15.1. The molecule has 3 nitrogen and oxygen atoms in total. The first-order valence-electron chi connectivity index (χ1n) is 6.44. The Kier molecular flexibility index (Phi) is 2.84. The number of benzene rings is 2. The molecule has 0 saturated heterocycles. The van der Waals surface area contributed by atoms with E-state index in [0.29, 0.717) is 6.54 Å². The van der Waals surface area contributed by atoms with E-state index in [9.17, 15) is 0 Å². The van der Waals surface area contributed by atoms with Gasteiger partial charge in [-0.25, -0.2) is 4.98 Å². The molecule has 0 amide bonds. The predicted molar refractivity (Wildman–Crippen MR) is 78.4 cm³/mol. The van der Waals surface area contributed by atoms with Gasteiger partial charge < -0.3 is 10.3 Å². The van der Waals surface area contributed by atoms with Gasteiger partial charge in [-0.3, -0.25) is 0 Å². The fraction of sp³-hybridized carbons (Fsp3) is 0.188. The first-order valence-corrected chi connectivity index (χ1v) is 6.44. The molecular weight excluding hydrogens is 234 g/mol. The Hall–Kier alpha value is -2.13. The Morgan fingerprint density at radius 2 is 1.79 bits per heavy atom. The van der Waals surface area contributed by atoms with Crippen LogP contribution in [0.1, 0.15) is 17.0 Å². The van der Waals surface area contributed by atoms with E-state index in [1.54, 1.807) is 0 Å². The topological polar surface area (TPSA) is 43.8 Å². The van der Waals surface area contributed by atoms with Crippen molar-refractivity contribution in [1.29, 1.82) is 0 Å². The molecule has 1 heterocycles. The highest BCUT2D eigenvalue weighted by Gasteiger charge is 2.09. The zero-order chi connectivity index (χ0) is 13.4. The molecule has 3 heteroatoms. The largest absolute Gasteiger partial charge is 0.326 e. The first-order chi connectivity index (χ1) is 9.22. The van der Waals surface area contributed by atoms with Crippen molar-refractivity contribution in [2.45, 2.75) is 20.4 Å². The second-order valence-electron chi connectivity index (χ2n) is 4.78. The third-order valence-corrected chi connectivity index (χ3v) is 3.72. The number of nitrogens with zero attached hydrogens (tertiary/aromatic N) is 2. The number of aryl methyl sites for hydroxylation is 1. The fourth-order valence-corrected chi connectivity index (χ4v) is 2.48. The molecular formula is C16H17N3. The summed E-state index contributed by atoms with van der Waals surface area (Å²) < 4.78 is 2.14. The molecule has 0 fully saturated rings. The molecule has 0 aliphatic heterocycles. The molecule has 3 aromatic rings. The molecule has 96 valence electrons. The number of rotatable bonds is 2. The minimum absolute atomic E-state index is 0.558. The Bertz CT molecular complexity index is 741. The molecule has 0 spiro atoms. The molecule has 3 rings (SSSR count). The van der Waals surface area contributed by atoms with Crippen molar-refractivity contribution in [2.24, 2.45) is 5.73 Å². The normalized spacial score (nSPS) is 11.1. The summed E-state index contributed by atoms with van der Waals surface area (Å²) >= 11 is 0. The lowest BCUT2D eigenvalue weighted by Gasteiger charge is -2.12. The van der Waals surface area contributed by atoms with Crippen molar-refractivity contribution in [3.05, 3.63) is 59.7 Å². The molecule has 2 N–H and O–H groups in total. The minimum atomic E-state index is 0.558. The van der Waals surface area contributed by atoms with E-state index in [1.807, 2.05) is 13.3 Å². The average Bonchev–Trinajstić information content (AvgIpc) is 2.78. The Morgan fingerprint density at radius 1 is 1.05 bits per heavy atom. The van der Waals surface area contributed by atoms with Crippen molar-refractivity contribution in [3.63, 3.8) is 0 Å². The van der Waals surface area contributed by atoms with Crippen molar-refractivity contribution < 1.29 is 0 Å². The average molecular weight is 251 g/mol. The van der Waals surface area contributed by atoms with Crippen molar-refractivity contribution in [3.8, 4) is 5.69 Å². The van der Waals surface area contributed by atoms with Crippen molar-refractivity contribution >= 4 is 10.8 Å². The van der Waals surface area contributed by atoms with E-state index in [0.717, 1.165) is 11.4 Å². The van der Waals surface area contributed by atoms with Crippen LogP contribution in [0, 0.1) is 13.8 Å². The zero-order valence-corrected chi connectivity index (χ0v) is 11.2. The van der Waals surface area contributed by atoms with Gasteiger partial charge in [-0.2, -0.15) is 0 Å². The van der Waals surface area contributed by atoms with Gasteiger partial charge in [0, 0.05) is 17.6 Å². The first kappa shape index (κ1) is 11.9. The third-order valence-electron chi connectivity index (χ3n) is 3.72. The molecule has 0 radical (unpaired) electrons. The minimum Gasteiger partial charge on any atom is -0.326 e. The van der Waals surface area contributed by atoms with Crippen LogP contribution in [-0.2, 0) is 6.54 Å². The van der Waals surface area contributed by atoms with Gasteiger partial charge in [0.25, 0.3) is 0 Å². The van der Waals surface area contributed by atoms with Gasteiger partial charge in [-0.1, -0.05) is 30.3 Å². The Morgan fingerprint density at radius 3 is 2.42 bits per heavy atom. The molecule has 0 saturated carbocycles. The second-order valence-corrected chi connectivity index (χ2v) is 4.78. The number of fused-ring (bicyclic) bond motifs is 1. The van der Waals surface area contributed by atoms with Crippen LogP contribution in [0.15, 0.2) is 42.7 Å². The summed E-state index contributed by atoms with van der Waals surface area (Å²) in [4.78, 5) is 4.38. The van der Waals surface area contributed by atoms with Crippen LogP contribution in [0.4, 0.5) is 0 Å². The molecule has 19 heavy (non-hydrogen) atoms. The number of nitrogens with two attached hydrogens (primary N) is 1. The number of aromatic nitrogens is 2. The molecule has 0 unspecified atom stereocenters. The SMILES string of the molecule is Cc1ncn(-c2ccc(CN)c3ccccc23)c1C. The molecule has 0 aliphatic rings. The van der Waals surface area contributed by atoms with E-state index < -0.39 is 0 Å². The summed E-state index contributed by atoms with van der Waals surface area (Å²) in [6.45, 7) is 4.68. The lowest BCUT2D eigenvalue weighted by atomic mass is 10.0. The molecule has 0 bridgehead atoms. The van der Waals surface area contributed by atoms with Gasteiger partial charge in [0.2, 0.25) is 0 Å². The fourth-order valence-electron chi connectivity index (χ4n) is 2.48. The molecule has 1 aromatic heterocycles. The third kappa shape index (κ3) is 1.83. The maximum Gasteiger partial charge on any atom is 0.0997 e. The summed E-state index contributed by atoms with van der Waals surface area (Å²) in [5.41, 5.74) is 10.4. The van der Waals surface area contributed by atoms with Crippen LogP contribution in [0.5, 0.6) is 0 Å². The summed E-state index contributed by atoms with van der Waals surface area (Å²) in [6.07, 6.45) is 1.88. The lowest BCUT2D eigenvalue weighted by molar-refractivity contribution is 1.01. The standard InChI is InChI=1S/C16H17N3/c1-11-12(2)19(10-18-11)16-8-7-13(9-17)14-5-3-4-6-15(14)16/h3-8,10H,9,17H2,1-2H3. The Labute approximate surface area is 112 Å². The van der Waals surface area contributed by atoms with E-state index in [1.165, 1.54) is 22.0 Å². The van der Waals surface area contributed by atoms with Crippen LogP contribution >= 0.6 is 0 Å². The number of hydrogen-bond donors (Lipinski definition) is 1. The van der Waals surface area contributed by atoms with Gasteiger partial charge in [-0.05, 0) is 30.9 Å². The van der Waals surface area contributed by atoms with Crippen LogP contribution in [0.3, 0.4) is 0 Å². The zero-order valence-electron chi connectivity index (χ0n) is 11.2. The highest BCUT2D eigenvalue weighted by Crippen LogP contribution is 2.26. The van der Waals surface area contributed by atoms with Crippen molar-refractivity contribution in [1.82, 2.24) is 9.55 Å². The van der Waals surface area contributed by atoms with Gasteiger partial charge in [0.05, 0.1) is 17.7 Å². The quantitative estimate of drug-likeness (QED) is 0.760. The van der Waals surface area contributed by atoms with Gasteiger partial charge in [-0.15, -0.1) is 0 Å². The van der Waals surface area contributed by atoms with E-state index in [-0.39, 0.29) is 0 Å². The Balaban J connectivity index is 2.34. The second kappa shape index (κ2) is 4.52. The molecule has 0 atom stereocenters. The van der Waals surface area contributed by atoms with Crippen LogP contribution in [0.2, 0.25) is 0 Å². The predicted octanol–water partition coefficient (Wildman–Crippen LogP) is 3.10. The van der Waals surface area contributed by atoms with Crippen molar-refractivity contribution in [2.75, 3.05) is 0 Å². The summed E-state index contributed by atoms with van der Waals surface area (Å²) in [6, 6.07) is 12.6. The van der Waals surface area contributed by atoms with E-state index in [2.05, 4.69) is 52.9 Å². The molecule has 2 aromatic carbocycles. The smallest absolute Gasteiger partial charge is 0.0997 e. The maximum atomic E-state index is 5.82. The van der Waals surface area contributed by atoms with Gasteiger partial charge in [0.15, 0.2) is 0 Å². The van der Waals surface area contributed by atoms with Crippen LogP contribution in [0.25, 0.3) is 16.5 Å². The maximum absolute atomic E-state index is 5.82. The van der Waals surface area contributed by atoms with Gasteiger partial charge in [0.1, 0.15) is 0 Å².